The summed E-state index contributed by atoms with van der Waals surface area (Å²) in [5, 5.41) is 0.00727. The Kier molecular flexibility index (Phi) is 6.73. The van der Waals surface area contributed by atoms with E-state index in [4.69, 9.17) is 9.47 Å². The third kappa shape index (κ3) is 4.01. The number of ether oxygens (including phenoxy) is 2. The van der Waals surface area contributed by atoms with Crippen LogP contribution in [0.2, 0.25) is 0 Å². The molecule has 5 rings (SSSR count). The van der Waals surface area contributed by atoms with Gasteiger partial charge in [-0.05, 0) is 109 Å². The number of hydrogen-bond donors (Lipinski definition) is 0. The van der Waals surface area contributed by atoms with Crippen LogP contribution >= 0.6 is 11.8 Å². The van der Waals surface area contributed by atoms with E-state index in [2.05, 4.69) is 39.8 Å². The molecule has 1 saturated heterocycles. The molecular formula is C32H40O5S. The average Bonchev–Trinajstić information content (AvgIpc) is 3.27. The highest BCUT2D eigenvalue weighted by Crippen LogP contribution is 2.72. The summed E-state index contributed by atoms with van der Waals surface area (Å²) in [7, 11) is 1.62. The molecule has 2 saturated carbocycles. The normalized spacial score (nSPS) is 37.9. The number of carbonyl (C=O) groups is 3. The van der Waals surface area contributed by atoms with Crippen molar-refractivity contribution in [2.45, 2.75) is 71.6 Å². The largest absolute Gasteiger partial charge is 0.497 e. The van der Waals surface area contributed by atoms with Gasteiger partial charge < -0.3 is 9.47 Å². The Labute approximate surface area is 230 Å². The number of carbonyl (C=O) groups excluding carboxylic acids is 3. The van der Waals surface area contributed by atoms with E-state index in [1.54, 1.807) is 7.11 Å². The van der Waals surface area contributed by atoms with Crippen LogP contribution in [-0.4, -0.2) is 30.6 Å². The third-order valence-corrected chi connectivity index (χ3v) is 11.9. The molecule has 3 fully saturated rings. The molecule has 0 aromatic heterocycles. The minimum atomic E-state index is -0.465. The summed E-state index contributed by atoms with van der Waals surface area (Å²) in [5.41, 5.74) is -0.466. The lowest BCUT2D eigenvalue weighted by Crippen LogP contribution is -2.65. The monoisotopic (exact) mass is 536 g/mol. The molecule has 6 heteroatoms. The third-order valence-electron chi connectivity index (χ3n) is 10.9. The van der Waals surface area contributed by atoms with Crippen LogP contribution in [0.25, 0.3) is 0 Å². The molecule has 1 unspecified atom stereocenters. The summed E-state index contributed by atoms with van der Waals surface area (Å²) in [6.07, 6.45) is 10.0. The van der Waals surface area contributed by atoms with Crippen LogP contribution in [0.5, 0.6) is 5.75 Å². The van der Waals surface area contributed by atoms with Crippen molar-refractivity contribution in [1.82, 2.24) is 0 Å². The summed E-state index contributed by atoms with van der Waals surface area (Å²) in [4.78, 5) is 40.4. The summed E-state index contributed by atoms with van der Waals surface area (Å²) in [6.45, 7) is 11.3. The second-order valence-corrected chi connectivity index (χ2v) is 14.0. The van der Waals surface area contributed by atoms with Crippen LogP contribution in [0.3, 0.4) is 0 Å². The molecule has 4 aliphatic rings. The topological polar surface area (TPSA) is 69.7 Å². The van der Waals surface area contributed by atoms with Crippen LogP contribution in [0.4, 0.5) is 0 Å². The first-order chi connectivity index (χ1) is 17.9. The molecule has 5 nitrogen and oxygen atoms in total. The number of esters is 1. The fourth-order valence-electron chi connectivity index (χ4n) is 8.78. The highest BCUT2D eigenvalue weighted by Gasteiger charge is 2.70. The van der Waals surface area contributed by atoms with Gasteiger partial charge in [0.05, 0.1) is 20.1 Å². The highest BCUT2D eigenvalue weighted by molar-refractivity contribution is 8.14. The lowest BCUT2D eigenvalue weighted by atomic mass is 9.35. The Morgan fingerprint density at radius 1 is 1.05 bits per heavy atom. The van der Waals surface area contributed by atoms with E-state index in [0.717, 1.165) is 36.3 Å². The van der Waals surface area contributed by atoms with Gasteiger partial charge in [-0.2, -0.15) is 0 Å². The number of allylic oxidation sites excluding steroid dienone is 3. The fourth-order valence-corrected chi connectivity index (χ4v) is 9.49. The second-order valence-electron chi connectivity index (χ2n) is 13.0. The molecule has 1 aromatic rings. The van der Waals surface area contributed by atoms with Gasteiger partial charge >= 0.3 is 5.97 Å². The molecule has 6 atom stereocenters. The Hall–Kier alpha value is -2.34. The van der Waals surface area contributed by atoms with Crippen molar-refractivity contribution in [1.29, 1.82) is 0 Å². The van der Waals surface area contributed by atoms with Crippen molar-refractivity contribution in [3.8, 4) is 5.75 Å². The van der Waals surface area contributed by atoms with Gasteiger partial charge in [0.25, 0.3) is 0 Å². The fraction of sp³-hybridized carbons (Fsp3) is 0.594. The van der Waals surface area contributed by atoms with Gasteiger partial charge in [-0.25, -0.2) is 0 Å². The van der Waals surface area contributed by atoms with Gasteiger partial charge in [0.1, 0.15) is 5.75 Å². The molecule has 0 bridgehead atoms. The number of ketones is 1. The lowest BCUT2D eigenvalue weighted by Gasteiger charge is -2.67. The molecule has 0 radical (unpaired) electrons. The summed E-state index contributed by atoms with van der Waals surface area (Å²) < 4.78 is 10.9. The molecule has 0 amide bonds. The van der Waals surface area contributed by atoms with Crippen molar-refractivity contribution < 1.29 is 23.9 Å². The van der Waals surface area contributed by atoms with Crippen molar-refractivity contribution in [2.24, 2.45) is 39.4 Å². The van der Waals surface area contributed by atoms with E-state index in [1.807, 2.05) is 37.3 Å². The second kappa shape index (κ2) is 9.39. The Morgan fingerprint density at radius 2 is 1.76 bits per heavy atom. The first-order valence-electron chi connectivity index (χ1n) is 13.8. The van der Waals surface area contributed by atoms with Crippen LogP contribution in [-0.2, 0) is 19.1 Å². The Balaban J connectivity index is 1.48. The van der Waals surface area contributed by atoms with Crippen LogP contribution in [0.15, 0.2) is 53.0 Å². The van der Waals surface area contributed by atoms with Crippen LogP contribution in [0, 0.1) is 39.4 Å². The van der Waals surface area contributed by atoms with Crippen molar-refractivity contribution in [3.63, 3.8) is 0 Å². The Bertz CT molecular complexity index is 1210. The van der Waals surface area contributed by atoms with E-state index in [9.17, 15) is 14.4 Å². The minimum absolute atomic E-state index is 0.00727. The van der Waals surface area contributed by atoms with E-state index in [0.29, 0.717) is 18.6 Å². The number of benzene rings is 1. The zero-order valence-electron chi connectivity index (χ0n) is 23.5. The van der Waals surface area contributed by atoms with Crippen LogP contribution < -0.4 is 4.74 Å². The summed E-state index contributed by atoms with van der Waals surface area (Å²) in [5.74, 6) is 1.30. The molecular weight excluding hydrogens is 496 g/mol. The number of rotatable bonds is 4. The molecule has 204 valence electrons. The smallest absolute Gasteiger partial charge is 0.306 e. The molecule has 1 aromatic carbocycles. The SMILES string of the molecule is COc1ccc(SC(=O)/C(C)=C/[C@H]2CC[C@@H]3[C@@]4(C)C(=O)C=CC(C)(C)C4CC[C@@]3(C)[C@@]23COC(=O)C3)cc1. The number of cyclic esters (lactones) is 1. The minimum Gasteiger partial charge on any atom is -0.497 e. The number of fused-ring (bicyclic) bond motifs is 4. The first-order valence-corrected chi connectivity index (χ1v) is 14.6. The molecule has 1 aliphatic heterocycles. The predicted octanol–water partition coefficient (Wildman–Crippen LogP) is 6.81. The quantitative estimate of drug-likeness (QED) is 0.239. The van der Waals surface area contributed by atoms with Crippen molar-refractivity contribution in [2.75, 3.05) is 13.7 Å². The van der Waals surface area contributed by atoms with E-state index >= 15 is 0 Å². The predicted molar refractivity (Wildman–Crippen MR) is 149 cm³/mol. The maximum Gasteiger partial charge on any atom is 0.306 e. The maximum absolute atomic E-state index is 13.6. The standard InChI is InChI=1S/C32H40O5S/c1-20(28(35)38-23-10-8-22(36-6)9-11-23)17-21-7-12-25-30(4,32(21)18-27(34)37-19-32)16-13-24-29(2,3)15-14-26(33)31(24,25)5/h8-11,14-15,17,21,24-25H,7,12-13,16,18-19H2,1-6H3/b20-17+/t21-,24?,25+,30-,31+,32+/m1/s1. The summed E-state index contributed by atoms with van der Waals surface area (Å²) in [6, 6.07) is 7.49. The molecule has 38 heavy (non-hydrogen) atoms. The lowest BCUT2D eigenvalue weighted by molar-refractivity contribution is -0.191. The van der Waals surface area contributed by atoms with Crippen molar-refractivity contribution >= 4 is 28.6 Å². The number of hydrogen-bond acceptors (Lipinski definition) is 6. The van der Waals surface area contributed by atoms with Gasteiger partial charge in [0, 0.05) is 15.7 Å². The van der Waals surface area contributed by atoms with E-state index in [1.165, 1.54) is 11.8 Å². The molecule has 1 spiro atoms. The average molecular weight is 537 g/mol. The Morgan fingerprint density at radius 3 is 2.39 bits per heavy atom. The van der Waals surface area contributed by atoms with Gasteiger partial charge in [-0.15, -0.1) is 0 Å². The number of thioether (sulfide) groups is 1. The zero-order chi connectivity index (χ0) is 27.5. The highest BCUT2D eigenvalue weighted by atomic mass is 32.2. The number of methoxy groups -OCH3 is 1. The summed E-state index contributed by atoms with van der Waals surface area (Å²) >= 11 is 1.21. The van der Waals surface area contributed by atoms with Gasteiger partial charge in [-0.3, -0.25) is 14.4 Å². The van der Waals surface area contributed by atoms with E-state index in [-0.39, 0.29) is 45.5 Å². The van der Waals surface area contributed by atoms with Gasteiger partial charge in [-0.1, -0.05) is 39.8 Å². The van der Waals surface area contributed by atoms with E-state index < -0.39 is 10.8 Å². The van der Waals surface area contributed by atoms with Gasteiger partial charge in [0.15, 0.2) is 5.78 Å². The van der Waals surface area contributed by atoms with Crippen LogP contribution in [0.1, 0.15) is 66.7 Å². The zero-order valence-corrected chi connectivity index (χ0v) is 24.3. The first kappa shape index (κ1) is 27.2. The van der Waals surface area contributed by atoms with Crippen molar-refractivity contribution in [3.05, 3.63) is 48.1 Å². The molecule has 1 heterocycles. The van der Waals surface area contributed by atoms with Gasteiger partial charge in [0.2, 0.25) is 5.12 Å². The molecule has 3 aliphatic carbocycles. The maximum atomic E-state index is 13.6. The molecule has 0 N–H and O–H groups in total.